The molecule has 1 aromatic rings. The van der Waals surface area contributed by atoms with Crippen molar-refractivity contribution in [2.45, 2.75) is 31.5 Å². The number of hydrogen-bond acceptors (Lipinski definition) is 7. The van der Waals surface area contributed by atoms with Gasteiger partial charge in [-0.15, -0.1) is 0 Å². The lowest BCUT2D eigenvalue weighted by molar-refractivity contribution is 0.000244. The molecule has 7 heteroatoms. The zero-order valence-corrected chi connectivity index (χ0v) is 13.2. The third-order valence-corrected chi connectivity index (χ3v) is 5.09. The number of carbonyl (C=O) groups is 2. The van der Waals surface area contributed by atoms with Crippen molar-refractivity contribution in [3.05, 3.63) is 28.3 Å². The maximum absolute atomic E-state index is 12.9. The first-order chi connectivity index (χ1) is 11.4. The Labute approximate surface area is 137 Å². The van der Waals surface area contributed by atoms with Crippen LogP contribution in [0.25, 0.3) is 0 Å². The molecule has 1 aliphatic heterocycles. The van der Waals surface area contributed by atoms with Gasteiger partial charge in [-0.2, -0.15) is 0 Å². The molecule has 0 aromatic heterocycles. The summed E-state index contributed by atoms with van der Waals surface area (Å²) in [6.45, 7) is 1.95. The van der Waals surface area contributed by atoms with Gasteiger partial charge in [-0.1, -0.05) is 0 Å². The fourth-order valence-corrected chi connectivity index (χ4v) is 3.72. The van der Waals surface area contributed by atoms with Crippen molar-refractivity contribution in [2.24, 2.45) is 0 Å². The van der Waals surface area contributed by atoms with Gasteiger partial charge in [0.1, 0.15) is 12.5 Å². The molecule has 4 rings (SSSR count). The minimum absolute atomic E-state index is 0.0585. The van der Waals surface area contributed by atoms with Crippen molar-refractivity contribution >= 4 is 11.6 Å². The Hall–Kier alpha value is -2.38. The number of phenols is 2. The molecular weight excluding hydrogens is 316 g/mol. The van der Waals surface area contributed by atoms with Crippen molar-refractivity contribution in [2.75, 3.05) is 13.9 Å². The maximum Gasteiger partial charge on any atom is 0.194 e. The van der Waals surface area contributed by atoms with E-state index in [4.69, 9.17) is 14.2 Å². The SMILES string of the molecule is COc1cc(O)c2c(c1O)C(=O)C1=C(C[C@H]3OCO[C@@]3(C)C1)C2=O. The average molecular weight is 332 g/mol. The van der Waals surface area contributed by atoms with Crippen LogP contribution in [0.15, 0.2) is 17.2 Å². The number of hydrogen-bond donors (Lipinski definition) is 2. The van der Waals surface area contributed by atoms with Gasteiger partial charge in [0.15, 0.2) is 23.1 Å². The Morgan fingerprint density at radius 2 is 1.92 bits per heavy atom. The second-order valence-corrected chi connectivity index (χ2v) is 6.42. The van der Waals surface area contributed by atoms with Crippen molar-refractivity contribution in [3.8, 4) is 17.2 Å². The highest BCUT2D eigenvalue weighted by Gasteiger charge is 2.51. The van der Waals surface area contributed by atoms with Crippen LogP contribution in [0.1, 0.15) is 40.5 Å². The molecule has 1 saturated heterocycles. The summed E-state index contributed by atoms with van der Waals surface area (Å²) in [6, 6.07) is 1.13. The van der Waals surface area contributed by atoms with Gasteiger partial charge in [-0.3, -0.25) is 9.59 Å². The first-order valence-electron chi connectivity index (χ1n) is 7.57. The number of methoxy groups -OCH3 is 1. The molecule has 24 heavy (non-hydrogen) atoms. The van der Waals surface area contributed by atoms with Crippen LogP contribution in [-0.4, -0.2) is 47.4 Å². The van der Waals surface area contributed by atoms with E-state index in [9.17, 15) is 19.8 Å². The smallest absolute Gasteiger partial charge is 0.194 e. The second-order valence-electron chi connectivity index (χ2n) is 6.42. The van der Waals surface area contributed by atoms with Gasteiger partial charge in [0.05, 0.1) is 29.9 Å². The minimum Gasteiger partial charge on any atom is -0.507 e. The Bertz CT molecular complexity index is 823. The number of aromatic hydroxyl groups is 2. The van der Waals surface area contributed by atoms with Gasteiger partial charge in [0.2, 0.25) is 0 Å². The largest absolute Gasteiger partial charge is 0.507 e. The number of Topliss-reactive ketones (excluding diaryl/α,β-unsaturated/α-hetero) is 2. The number of ketones is 2. The quantitative estimate of drug-likeness (QED) is 0.755. The third kappa shape index (κ3) is 1.79. The van der Waals surface area contributed by atoms with Crippen LogP contribution in [0.5, 0.6) is 17.2 Å². The molecule has 0 amide bonds. The van der Waals surface area contributed by atoms with Crippen LogP contribution in [0.2, 0.25) is 0 Å². The molecule has 2 N–H and O–H groups in total. The number of rotatable bonds is 1. The molecule has 0 bridgehead atoms. The van der Waals surface area contributed by atoms with Gasteiger partial charge in [0.25, 0.3) is 0 Å². The molecule has 0 saturated carbocycles. The predicted molar refractivity (Wildman–Crippen MR) is 80.5 cm³/mol. The Morgan fingerprint density at radius 3 is 2.62 bits per heavy atom. The Balaban J connectivity index is 1.91. The highest BCUT2D eigenvalue weighted by Crippen LogP contribution is 2.49. The van der Waals surface area contributed by atoms with E-state index in [1.165, 1.54) is 7.11 Å². The zero-order valence-electron chi connectivity index (χ0n) is 13.2. The normalized spacial score (nSPS) is 28.5. The standard InChI is InChI=1S/C17H16O7/c1-17-5-8-7(3-11(17)23-6-24-17)14(19)12-9(18)4-10(22-2)16(21)13(12)15(8)20/h4,11,18,21H,3,5-6H2,1-2H3/t11-,17+/m1/s1. The minimum atomic E-state index is -0.678. The summed E-state index contributed by atoms with van der Waals surface area (Å²) < 4.78 is 16.1. The molecule has 1 aromatic carbocycles. The van der Waals surface area contributed by atoms with Crippen molar-refractivity contribution in [1.29, 1.82) is 0 Å². The van der Waals surface area contributed by atoms with E-state index < -0.39 is 22.9 Å². The first-order valence-corrected chi connectivity index (χ1v) is 7.57. The molecule has 0 spiro atoms. The summed E-state index contributed by atoms with van der Waals surface area (Å²) in [4.78, 5) is 25.8. The molecule has 7 nitrogen and oxygen atoms in total. The van der Waals surface area contributed by atoms with Gasteiger partial charge in [0, 0.05) is 30.1 Å². The lowest BCUT2D eigenvalue weighted by atomic mass is 9.71. The molecule has 1 fully saturated rings. The van der Waals surface area contributed by atoms with Crippen molar-refractivity contribution < 1.29 is 34.0 Å². The predicted octanol–water partition coefficient (Wildman–Crippen LogP) is 1.71. The van der Waals surface area contributed by atoms with E-state index in [1.807, 2.05) is 6.92 Å². The topological polar surface area (TPSA) is 102 Å². The average Bonchev–Trinajstić information content (AvgIpc) is 2.93. The summed E-state index contributed by atoms with van der Waals surface area (Å²) in [7, 11) is 1.30. The first kappa shape index (κ1) is 15.2. The Morgan fingerprint density at radius 1 is 1.21 bits per heavy atom. The summed E-state index contributed by atoms with van der Waals surface area (Å²) in [5.41, 5.74) is -0.445. The molecule has 0 unspecified atom stereocenters. The monoisotopic (exact) mass is 332 g/mol. The van der Waals surface area contributed by atoms with Gasteiger partial charge >= 0.3 is 0 Å². The molecule has 0 radical (unpaired) electrons. The number of carbonyl (C=O) groups excluding carboxylic acids is 2. The van der Waals surface area contributed by atoms with E-state index in [2.05, 4.69) is 0 Å². The highest BCUT2D eigenvalue weighted by atomic mass is 16.7. The fourth-order valence-electron chi connectivity index (χ4n) is 3.72. The van der Waals surface area contributed by atoms with E-state index >= 15 is 0 Å². The lowest BCUT2D eigenvalue weighted by Crippen LogP contribution is -2.44. The van der Waals surface area contributed by atoms with Crippen LogP contribution in [0.4, 0.5) is 0 Å². The summed E-state index contributed by atoms with van der Waals surface area (Å²) in [6.07, 6.45) is 0.139. The van der Waals surface area contributed by atoms with Gasteiger partial charge in [-0.25, -0.2) is 0 Å². The van der Waals surface area contributed by atoms with Crippen molar-refractivity contribution in [3.63, 3.8) is 0 Å². The van der Waals surface area contributed by atoms with E-state index in [0.29, 0.717) is 11.1 Å². The molecule has 2 atom stereocenters. The van der Waals surface area contributed by atoms with Gasteiger partial charge < -0.3 is 24.4 Å². The van der Waals surface area contributed by atoms with E-state index in [1.54, 1.807) is 0 Å². The summed E-state index contributed by atoms with van der Waals surface area (Å²) >= 11 is 0. The van der Waals surface area contributed by atoms with E-state index in [-0.39, 0.29) is 48.4 Å². The van der Waals surface area contributed by atoms with Crippen LogP contribution in [0, 0.1) is 0 Å². The maximum atomic E-state index is 12.9. The molecule has 1 heterocycles. The fraction of sp³-hybridized carbons (Fsp3) is 0.412. The van der Waals surface area contributed by atoms with Crippen LogP contribution < -0.4 is 4.74 Å². The molecule has 126 valence electrons. The van der Waals surface area contributed by atoms with E-state index in [0.717, 1.165) is 6.07 Å². The lowest BCUT2D eigenvalue weighted by Gasteiger charge is -2.37. The Kier molecular flexibility index (Phi) is 3.04. The molecule has 3 aliphatic rings. The van der Waals surface area contributed by atoms with Crippen molar-refractivity contribution in [1.82, 2.24) is 0 Å². The number of fused-ring (bicyclic) bond motifs is 2. The third-order valence-electron chi connectivity index (χ3n) is 5.09. The highest BCUT2D eigenvalue weighted by molar-refractivity contribution is 6.29. The number of ether oxygens (including phenoxy) is 3. The summed E-state index contributed by atoms with van der Waals surface area (Å²) in [5, 5.41) is 20.5. The molecular formula is C17H16O7. The molecule has 2 aliphatic carbocycles. The summed E-state index contributed by atoms with van der Waals surface area (Å²) in [5.74, 6) is -1.83. The van der Waals surface area contributed by atoms with Gasteiger partial charge in [-0.05, 0) is 6.92 Å². The van der Waals surface area contributed by atoms with Crippen LogP contribution in [0.3, 0.4) is 0 Å². The zero-order chi connectivity index (χ0) is 17.2. The number of phenolic OH excluding ortho intramolecular Hbond substituents is 2. The number of benzene rings is 1. The van der Waals surface area contributed by atoms with Crippen LogP contribution >= 0.6 is 0 Å². The van der Waals surface area contributed by atoms with Crippen LogP contribution in [-0.2, 0) is 9.47 Å². The second kappa shape index (κ2) is 4.81.